The minimum Gasteiger partial charge on any atom is -0.497 e. The highest BCUT2D eigenvalue weighted by Gasteiger charge is 2.07. The lowest BCUT2D eigenvalue weighted by Gasteiger charge is -2.06. The number of amides is 2. The largest absolute Gasteiger partial charge is 0.497 e. The molecule has 3 N–H and O–H groups in total. The molecule has 20 heavy (non-hydrogen) atoms. The number of rotatable bonds is 4. The first-order valence-electron chi connectivity index (χ1n) is 5.95. The number of hydrogen-bond acceptors (Lipinski definition) is 3. The third kappa shape index (κ3) is 3.14. The molecule has 0 atom stereocenters. The van der Waals surface area contributed by atoms with E-state index >= 15 is 0 Å². The molecular weight excluding hydrogens is 256 g/mol. The minimum atomic E-state index is -0.502. The number of carbonyl (C=O) groups is 2. The first-order valence-corrected chi connectivity index (χ1v) is 5.95. The second-order valence-electron chi connectivity index (χ2n) is 4.12. The molecule has 0 unspecified atom stereocenters. The number of nitrogens with two attached hydrogens (primary N) is 1. The van der Waals surface area contributed by atoms with Crippen molar-refractivity contribution in [3.63, 3.8) is 0 Å². The number of primary amides is 1. The van der Waals surface area contributed by atoms with E-state index in [0.29, 0.717) is 22.6 Å². The van der Waals surface area contributed by atoms with Crippen molar-refractivity contribution in [1.82, 2.24) is 0 Å². The Balaban J connectivity index is 2.08. The zero-order valence-corrected chi connectivity index (χ0v) is 10.9. The topological polar surface area (TPSA) is 81.4 Å². The van der Waals surface area contributed by atoms with Gasteiger partial charge >= 0.3 is 0 Å². The molecule has 0 bridgehead atoms. The van der Waals surface area contributed by atoms with Gasteiger partial charge in [-0.3, -0.25) is 9.59 Å². The molecule has 0 aliphatic rings. The second kappa shape index (κ2) is 5.88. The van der Waals surface area contributed by atoms with Gasteiger partial charge in [-0.05, 0) is 48.5 Å². The van der Waals surface area contributed by atoms with E-state index in [2.05, 4.69) is 5.32 Å². The summed E-state index contributed by atoms with van der Waals surface area (Å²) >= 11 is 0. The fraction of sp³-hybridized carbons (Fsp3) is 0.0667. The highest BCUT2D eigenvalue weighted by Crippen LogP contribution is 2.14. The van der Waals surface area contributed by atoms with Crippen LogP contribution in [0.2, 0.25) is 0 Å². The van der Waals surface area contributed by atoms with E-state index in [-0.39, 0.29) is 5.91 Å². The molecule has 0 saturated heterocycles. The molecular formula is C15H14N2O3. The SMILES string of the molecule is COc1ccc(C(=O)Nc2ccc(C(N)=O)cc2)cc1. The second-order valence-corrected chi connectivity index (χ2v) is 4.12. The lowest BCUT2D eigenvalue weighted by molar-refractivity contribution is 0.0998. The van der Waals surface area contributed by atoms with Gasteiger partial charge in [0.25, 0.3) is 5.91 Å². The average Bonchev–Trinajstić information content (AvgIpc) is 2.48. The summed E-state index contributed by atoms with van der Waals surface area (Å²) in [6.07, 6.45) is 0. The Hall–Kier alpha value is -2.82. The number of carbonyl (C=O) groups excluding carboxylic acids is 2. The summed E-state index contributed by atoms with van der Waals surface area (Å²) in [7, 11) is 1.56. The maximum absolute atomic E-state index is 12.0. The molecule has 0 aliphatic heterocycles. The van der Waals surface area contributed by atoms with E-state index < -0.39 is 5.91 Å². The van der Waals surface area contributed by atoms with Crippen molar-refractivity contribution in [2.75, 3.05) is 12.4 Å². The van der Waals surface area contributed by atoms with E-state index in [9.17, 15) is 9.59 Å². The molecule has 2 rings (SSSR count). The van der Waals surface area contributed by atoms with E-state index in [1.165, 1.54) is 0 Å². The molecule has 0 saturated carbocycles. The number of ether oxygens (including phenoxy) is 1. The van der Waals surface area contributed by atoms with Crippen molar-refractivity contribution in [1.29, 1.82) is 0 Å². The molecule has 0 aliphatic carbocycles. The van der Waals surface area contributed by atoms with Gasteiger partial charge in [0, 0.05) is 16.8 Å². The monoisotopic (exact) mass is 270 g/mol. The molecule has 0 spiro atoms. The summed E-state index contributed by atoms with van der Waals surface area (Å²) < 4.78 is 5.03. The maximum atomic E-state index is 12.0. The van der Waals surface area contributed by atoms with Gasteiger partial charge in [-0.2, -0.15) is 0 Å². The molecule has 0 radical (unpaired) electrons. The van der Waals surface area contributed by atoms with Crippen molar-refractivity contribution in [2.24, 2.45) is 5.73 Å². The van der Waals surface area contributed by atoms with Crippen LogP contribution in [0.15, 0.2) is 48.5 Å². The number of hydrogen-bond donors (Lipinski definition) is 2. The van der Waals surface area contributed by atoms with Gasteiger partial charge < -0.3 is 15.8 Å². The van der Waals surface area contributed by atoms with Crippen LogP contribution in [0.5, 0.6) is 5.75 Å². The molecule has 102 valence electrons. The fourth-order valence-electron chi connectivity index (χ4n) is 1.66. The number of methoxy groups -OCH3 is 1. The van der Waals surface area contributed by atoms with Crippen LogP contribution < -0.4 is 15.8 Å². The van der Waals surface area contributed by atoms with E-state index in [4.69, 9.17) is 10.5 Å². The summed E-state index contributed by atoms with van der Waals surface area (Å²) in [5, 5.41) is 2.73. The van der Waals surface area contributed by atoms with E-state index in [1.807, 2.05) is 0 Å². The van der Waals surface area contributed by atoms with E-state index in [0.717, 1.165) is 0 Å². The van der Waals surface area contributed by atoms with Crippen LogP contribution >= 0.6 is 0 Å². The van der Waals surface area contributed by atoms with Crippen LogP contribution in [0.1, 0.15) is 20.7 Å². The van der Waals surface area contributed by atoms with Gasteiger partial charge in [-0.1, -0.05) is 0 Å². The van der Waals surface area contributed by atoms with Gasteiger partial charge in [0.15, 0.2) is 0 Å². The lowest BCUT2D eigenvalue weighted by Crippen LogP contribution is -2.13. The highest BCUT2D eigenvalue weighted by molar-refractivity contribution is 6.04. The summed E-state index contributed by atoms with van der Waals surface area (Å²) in [5.74, 6) is -0.0510. The van der Waals surface area contributed by atoms with Crippen molar-refractivity contribution in [3.05, 3.63) is 59.7 Å². The Kier molecular flexibility index (Phi) is 4.00. The van der Waals surface area contributed by atoms with Crippen molar-refractivity contribution in [2.45, 2.75) is 0 Å². The molecule has 2 aromatic carbocycles. The van der Waals surface area contributed by atoms with Gasteiger partial charge in [0.2, 0.25) is 5.91 Å². The first-order chi connectivity index (χ1) is 9.60. The number of nitrogens with one attached hydrogen (secondary N) is 1. The summed E-state index contributed by atoms with van der Waals surface area (Å²) in [6.45, 7) is 0. The molecule has 5 nitrogen and oxygen atoms in total. The molecule has 0 heterocycles. The van der Waals surface area contributed by atoms with Crippen LogP contribution in [0.25, 0.3) is 0 Å². The Morgan fingerprint density at radius 2 is 1.50 bits per heavy atom. The van der Waals surface area contributed by atoms with Gasteiger partial charge in [0.1, 0.15) is 5.75 Å². The van der Waals surface area contributed by atoms with Crippen LogP contribution in [0, 0.1) is 0 Å². The molecule has 0 aromatic heterocycles. The standard InChI is InChI=1S/C15H14N2O3/c1-20-13-8-4-11(5-9-13)15(19)17-12-6-2-10(3-7-12)14(16)18/h2-9H,1H3,(H2,16,18)(H,17,19). The summed E-state index contributed by atoms with van der Waals surface area (Å²) in [4.78, 5) is 22.9. The Bertz CT molecular complexity index is 619. The normalized spacial score (nSPS) is 9.85. The van der Waals surface area contributed by atoms with Crippen LogP contribution in [-0.4, -0.2) is 18.9 Å². The minimum absolute atomic E-state index is 0.237. The highest BCUT2D eigenvalue weighted by atomic mass is 16.5. The van der Waals surface area contributed by atoms with Crippen molar-refractivity contribution >= 4 is 17.5 Å². The van der Waals surface area contributed by atoms with Gasteiger partial charge in [-0.15, -0.1) is 0 Å². The predicted molar refractivity (Wildman–Crippen MR) is 75.9 cm³/mol. The van der Waals surface area contributed by atoms with Gasteiger partial charge in [0.05, 0.1) is 7.11 Å². The Morgan fingerprint density at radius 1 is 0.950 bits per heavy atom. The number of benzene rings is 2. The predicted octanol–water partition coefficient (Wildman–Crippen LogP) is 2.05. The fourth-order valence-corrected chi connectivity index (χ4v) is 1.66. The van der Waals surface area contributed by atoms with Crippen molar-refractivity contribution in [3.8, 4) is 5.75 Å². The van der Waals surface area contributed by atoms with Crippen LogP contribution in [-0.2, 0) is 0 Å². The smallest absolute Gasteiger partial charge is 0.255 e. The first kappa shape index (κ1) is 13.6. The van der Waals surface area contributed by atoms with Gasteiger partial charge in [-0.25, -0.2) is 0 Å². The zero-order chi connectivity index (χ0) is 14.5. The third-order valence-electron chi connectivity index (χ3n) is 2.78. The summed E-state index contributed by atoms with van der Waals surface area (Å²) in [6, 6.07) is 13.1. The summed E-state index contributed by atoms with van der Waals surface area (Å²) in [5.41, 5.74) is 6.65. The molecule has 2 aromatic rings. The Morgan fingerprint density at radius 3 is 2.00 bits per heavy atom. The zero-order valence-electron chi connectivity index (χ0n) is 10.9. The van der Waals surface area contributed by atoms with Crippen LogP contribution in [0.3, 0.4) is 0 Å². The Labute approximate surface area is 116 Å². The number of anilines is 1. The molecule has 0 fully saturated rings. The maximum Gasteiger partial charge on any atom is 0.255 e. The average molecular weight is 270 g/mol. The quantitative estimate of drug-likeness (QED) is 0.892. The molecule has 2 amide bonds. The third-order valence-corrected chi connectivity index (χ3v) is 2.78. The molecule has 5 heteroatoms. The lowest BCUT2D eigenvalue weighted by atomic mass is 10.1. The van der Waals surface area contributed by atoms with Crippen molar-refractivity contribution < 1.29 is 14.3 Å². The van der Waals surface area contributed by atoms with E-state index in [1.54, 1.807) is 55.6 Å². The van der Waals surface area contributed by atoms with Crippen LogP contribution in [0.4, 0.5) is 5.69 Å².